The Morgan fingerprint density at radius 1 is 1.53 bits per heavy atom. The third-order valence-electron chi connectivity index (χ3n) is 4.59. The second kappa shape index (κ2) is 5.43. The van der Waals surface area contributed by atoms with Crippen molar-refractivity contribution in [2.75, 3.05) is 7.11 Å². The van der Waals surface area contributed by atoms with Gasteiger partial charge in [0.2, 0.25) is 0 Å². The third kappa shape index (κ3) is 2.67. The summed E-state index contributed by atoms with van der Waals surface area (Å²) in [5.74, 6) is -0.385. The number of halogens is 1. The fraction of sp³-hybridized carbons (Fsp3) is 0.857. The van der Waals surface area contributed by atoms with Gasteiger partial charge in [-0.2, -0.15) is 0 Å². The van der Waals surface area contributed by atoms with Crippen LogP contribution >= 0.6 is 15.9 Å². The Labute approximate surface area is 122 Å². The van der Waals surface area contributed by atoms with Crippen molar-refractivity contribution in [3.63, 3.8) is 0 Å². The number of esters is 2. The lowest BCUT2D eigenvalue weighted by Crippen LogP contribution is -2.44. The van der Waals surface area contributed by atoms with E-state index in [9.17, 15) is 9.59 Å². The third-order valence-corrected chi connectivity index (χ3v) is 5.79. The van der Waals surface area contributed by atoms with Crippen molar-refractivity contribution in [3.05, 3.63) is 0 Å². The maximum Gasteiger partial charge on any atom is 0.321 e. The van der Waals surface area contributed by atoms with Gasteiger partial charge in [-0.25, -0.2) is 0 Å². The van der Waals surface area contributed by atoms with E-state index < -0.39 is 23.5 Å². The summed E-state index contributed by atoms with van der Waals surface area (Å²) in [5, 5.41) is 0. The van der Waals surface area contributed by atoms with Crippen LogP contribution in [0.4, 0.5) is 0 Å². The molecule has 2 fully saturated rings. The van der Waals surface area contributed by atoms with Crippen LogP contribution in [0.15, 0.2) is 0 Å². The molecule has 2 rings (SSSR count). The van der Waals surface area contributed by atoms with Gasteiger partial charge in [0, 0.05) is 6.42 Å². The van der Waals surface area contributed by atoms with Crippen LogP contribution in [-0.4, -0.2) is 29.5 Å². The largest absolute Gasteiger partial charge is 0.468 e. The molecule has 0 N–H and O–H groups in total. The van der Waals surface area contributed by atoms with E-state index in [0.717, 1.165) is 19.3 Å². The molecule has 4 nitrogen and oxygen atoms in total. The molecule has 5 heteroatoms. The lowest BCUT2D eigenvalue weighted by atomic mass is 9.72. The first-order chi connectivity index (χ1) is 8.89. The molecule has 0 aromatic rings. The van der Waals surface area contributed by atoms with Crippen molar-refractivity contribution >= 4 is 27.9 Å². The number of carbonyl (C=O) groups excluding carboxylic acids is 2. The minimum Gasteiger partial charge on any atom is -0.468 e. The molecule has 1 saturated heterocycles. The summed E-state index contributed by atoms with van der Waals surface area (Å²) in [7, 11) is 1.31. The van der Waals surface area contributed by atoms with Crippen LogP contribution in [0.3, 0.4) is 0 Å². The van der Waals surface area contributed by atoms with Gasteiger partial charge >= 0.3 is 11.9 Å². The highest BCUT2D eigenvalue weighted by molar-refractivity contribution is 9.09. The molecule has 1 spiro atoms. The van der Waals surface area contributed by atoms with Gasteiger partial charge in [0.05, 0.1) is 11.9 Å². The highest BCUT2D eigenvalue weighted by atomic mass is 79.9. The van der Waals surface area contributed by atoms with E-state index in [-0.39, 0.29) is 4.83 Å². The summed E-state index contributed by atoms with van der Waals surface area (Å²) in [6.07, 6.45) is 3.30. The van der Waals surface area contributed by atoms with Crippen molar-refractivity contribution in [2.45, 2.75) is 50.0 Å². The number of methoxy groups -OCH3 is 1. The molecular formula is C14H21BrO4. The predicted molar refractivity (Wildman–Crippen MR) is 73.8 cm³/mol. The van der Waals surface area contributed by atoms with Gasteiger partial charge < -0.3 is 9.47 Å². The van der Waals surface area contributed by atoms with Crippen LogP contribution in [0.2, 0.25) is 0 Å². The number of hydrogen-bond acceptors (Lipinski definition) is 4. The van der Waals surface area contributed by atoms with E-state index in [1.54, 1.807) is 0 Å². The first kappa shape index (κ1) is 14.8. The van der Waals surface area contributed by atoms with Crippen molar-refractivity contribution in [3.8, 4) is 0 Å². The lowest BCUT2D eigenvalue weighted by molar-refractivity contribution is -0.158. The number of ether oxygens (including phenoxy) is 2. The van der Waals surface area contributed by atoms with Crippen LogP contribution < -0.4 is 0 Å². The Kier molecular flexibility index (Phi) is 4.23. The van der Waals surface area contributed by atoms with Gasteiger partial charge in [-0.1, -0.05) is 29.8 Å². The van der Waals surface area contributed by atoms with Crippen LogP contribution in [0, 0.1) is 17.8 Å². The monoisotopic (exact) mass is 332 g/mol. The summed E-state index contributed by atoms with van der Waals surface area (Å²) in [6.45, 7) is 4.45. The first-order valence-electron chi connectivity index (χ1n) is 6.84. The van der Waals surface area contributed by atoms with Gasteiger partial charge in [-0.05, 0) is 31.1 Å². The molecule has 0 bridgehead atoms. The highest BCUT2D eigenvalue weighted by Gasteiger charge is 2.55. The molecule has 0 radical (unpaired) electrons. The van der Waals surface area contributed by atoms with Crippen molar-refractivity contribution in [1.82, 2.24) is 0 Å². The Bertz CT molecular complexity index is 382. The maximum absolute atomic E-state index is 11.9. The first-order valence-corrected chi connectivity index (χ1v) is 7.76. The topological polar surface area (TPSA) is 52.6 Å². The molecule has 0 unspecified atom stereocenters. The van der Waals surface area contributed by atoms with E-state index >= 15 is 0 Å². The van der Waals surface area contributed by atoms with Gasteiger partial charge in [-0.3, -0.25) is 9.59 Å². The van der Waals surface area contributed by atoms with Gasteiger partial charge in [0.1, 0.15) is 5.60 Å². The Morgan fingerprint density at radius 2 is 2.21 bits per heavy atom. The average molecular weight is 333 g/mol. The number of carbonyl (C=O) groups is 2. The zero-order chi connectivity index (χ0) is 14.2. The Balaban J connectivity index is 2.10. The van der Waals surface area contributed by atoms with Crippen molar-refractivity contribution in [1.29, 1.82) is 0 Å². The second-order valence-electron chi connectivity index (χ2n) is 6.01. The van der Waals surface area contributed by atoms with Crippen molar-refractivity contribution in [2.24, 2.45) is 17.8 Å². The zero-order valence-corrected chi connectivity index (χ0v) is 13.2. The van der Waals surface area contributed by atoms with Crippen LogP contribution in [0.25, 0.3) is 0 Å². The molecule has 19 heavy (non-hydrogen) atoms. The molecule has 1 saturated carbocycles. The summed E-state index contributed by atoms with van der Waals surface area (Å²) in [4.78, 5) is 23.6. The molecule has 108 valence electrons. The standard InChI is InChI=1S/C14H21BrO4/c1-8(2)9-4-5-14(11(15)6-9)7-10(12(16)18-3)13(17)19-14/h8-11H,4-7H2,1-3H3/t9-,10+,11+,14-/m0/s1. The molecule has 0 amide bonds. The summed E-state index contributed by atoms with van der Waals surface area (Å²) in [5.41, 5.74) is -0.513. The highest BCUT2D eigenvalue weighted by Crippen LogP contribution is 2.48. The second-order valence-corrected chi connectivity index (χ2v) is 7.12. The maximum atomic E-state index is 11.9. The fourth-order valence-electron chi connectivity index (χ4n) is 3.20. The summed E-state index contributed by atoms with van der Waals surface area (Å²) >= 11 is 3.68. The summed E-state index contributed by atoms with van der Waals surface area (Å²) in [6, 6.07) is 0. The van der Waals surface area contributed by atoms with E-state index in [2.05, 4.69) is 34.5 Å². The van der Waals surface area contributed by atoms with E-state index in [4.69, 9.17) is 4.74 Å². The normalized spacial score (nSPS) is 38.6. The van der Waals surface area contributed by atoms with Gasteiger partial charge in [0.15, 0.2) is 5.92 Å². The minimum absolute atomic E-state index is 0.125. The molecule has 1 aliphatic carbocycles. The molecule has 0 aromatic heterocycles. The molecule has 1 heterocycles. The van der Waals surface area contributed by atoms with E-state index in [1.807, 2.05) is 0 Å². The van der Waals surface area contributed by atoms with E-state index in [1.165, 1.54) is 7.11 Å². The fourth-order valence-corrected chi connectivity index (χ4v) is 4.19. The number of hydrogen-bond donors (Lipinski definition) is 0. The zero-order valence-electron chi connectivity index (χ0n) is 11.6. The summed E-state index contributed by atoms with van der Waals surface area (Å²) < 4.78 is 10.3. The number of alkyl halides is 1. The van der Waals surface area contributed by atoms with Crippen LogP contribution in [0.5, 0.6) is 0 Å². The molecule has 4 atom stereocenters. The Hall–Kier alpha value is -0.580. The van der Waals surface area contributed by atoms with Crippen LogP contribution in [-0.2, 0) is 19.1 Å². The van der Waals surface area contributed by atoms with Gasteiger partial charge in [0.25, 0.3) is 0 Å². The SMILES string of the molecule is COC(=O)[C@H]1C[C@]2(CC[C@H](C(C)C)C[C@H]2Br)OC1=O. The van der Waals surface area contributed by atoms with Crippen molar-refractivity contribution < 1.29 is 19.1 Å². The number of rotatable bonds is 2. The predicted octanol–water partition coefficient (Wildman–Crippen LogP) is 2.68. The van der Waals surface area contributed by atoms with E-state index in [0.29, 0.717) is 18.3 Å². The quantitative estimate of drug-likeness (QED) is 0.443. The average Bonchev–Trinajstić information content (AvgIpc) is 2.70. The van der Waals surface area contributed by atoms with Gasteiger partial charge in [-0.15, -0.1) is 0 Å². The van der Waals surface area contributed by atoms with Crippen LogP contribution in [0.1, 0.15) is 39.5 Å². The smallest absolute Gasteiger partial charge is 0.321 e. The molecule has 1 aliphatic heterocycles. The molecule has 0 aromatic carbocycles. The Morgan fingerprint density at radius 3 is 2.74 bits per heavy atom. The minimum atomic E-state index is -0.749. The lowest BCUT2D eigenvalue weighted by Gasteiger charge is -2.41. The molecular weight excluding hydrogens is 312 g/mol. The molecule has 2 aliphatic rings.